The van der Waals surface area contributed by atoms with Crippen LogP contribution in [-0.2, 0) is 0 Å². The standard InChI is InChI=1S/C15H23BrN2O/c1-6-18(12(3)10-17(4)5)15(19)13-9-7-8-11(2)14(13)16/h7-9,12H,6,10H2,1-5H3. The van der Waals surface area contributed by atoms with Gasteiger partial charge in [0.05, 0.1) is 5.56 Å². The lowest BCUT2D eigenvalue weighted by atomic mass is 10.1. The van der Waals surface area contributed by atoms with Gasteiger partial charge in [-0.25, -0.2) is 0 Å². The van der Waals surface area contributed by atoms with E-state index in [1.807, 2.05) is 51.0 Å². The number of hydrogen-bond acceptors (Lipinski definition) is 2. The first-order valence-electron chi connectivity index (χ1n) is 6.59. The van der Waals surface area contributed by atoms with Gasteiger partial charge in [0, 0.05) is 23.6 Å². The third-order valence-electron chi connectivity index (χ3n) is 3.19. The van der Waals surface area contributed by atoms with Crippen molar-refractivity contribution in [2.24, 2.45) is 0 Å². The molecule has 0 heterocycles. The van der Waals surface area contributed by atoms with E-state index >= 15 is 0 Å². The summed E-state index contributed by atoms with van der Waals surface area (Å²) in [6, 6.07) is 6.00. The van der Waals surface area contributed by atoms with Gasteiger partial charge in [-0.3, -0.25) is 4.79 Å². The summed E-state index contributed by atoms with van der Waals surface area (Å²) in [5.41, 5.74) is 1.83. The van der Waals surface area contributed by atoms with Crippen molar-refractivity contribution >= 4 is 21.8 Å². The van der Waals surface area contributed by atoms with E-state index in [1.165, 1.54) is 0 Å². The molecule has 0 saturated carbocycles. The SMILES string of the molecule is CCN(C(=O)c1cccc(C)c1Br)C(C)CN(C)C. The molecule has 0 aliphatic carbocycles. The molecule has 1 amide bonds. The summed E-state index contributed by atoms with van der Waals surface area (Å²) >= 11 is 3.52. The average Bonchev–Trinajstić information content (AvgIpc) is 2.32. The van der Waals surface area contributed by atoms with Gasteiger partial charge >= 0.3 is 0 Å². The number of halogens is 1. The number of hydrogen-bond donors (Lipinski definition) is 0. The van der Waals surface area contributed by atoms with Crippen molar-refractivity contribution in [3.05, 3.63) is 33.8 Å². The monoisotopic (exact) mass is 326 g/mol. The van der Waals surface area contributed by atoms with Crippen LogP contribution in [-0.4, -0.2) is 48.9 Å². The number of carbonyl (C=O) groups excluding carboxylic acids is 1. The van der Waals surface area contributed by atoms with Crippen molar-refractivity contribution in [2.75, 3.05) is 27.2 Å². The fourth-order valence-corrected chi connectivity index (χ4v) is 2.68. The van der Waals surface area contributed by atoms with Crippen LogP contribution in [0.15, 0.2) is 22.7 Å². The lowest BCUT2D eigenvalue weighted by Gasteiger charge is -2.30. The molecular weight excluding hydrogens is 304 g/mol. The van der Waals surface area contributed by atoms with Crippen LogP contribution in [0.2, 0.25) is 0 Å². The van der Waals surface area contributed by atoms with Crippen LogP contribution < -0.4 is 0 Å². The normalized spacial score (nSPS) is 12.6. The first-order valence-corrected chi connectivity index (χ1v) is 7.38. The van der Waals surface area contributed by atoms with Gasteiger partial charge in [-0.15, -0.1) is 0 Å². The summed E-state index contributed by atoms with van der Waals surface area (Å²) in [6.45, 7) is 7.69. The first kappa shape index (κ1) is 16.2. The van der Waals surface area contributed by atoms with Gasteiger partial charge in [-0.2, -0.15) is 0 Å². The molecule has 3 nitrogen and oxygen atoms in total. The van der Waals surface area contributed by atoms with Gasteiger partial charge in [0.25, 0.3) is 5.91 Å². The lowest BCUT2D eigenvalue weighted by Crippen LogP contribution is -2.43. The van der Waals surface area contributed by atoms with Crippen LogP contribution in [0.5, 0.6) is 0 Å². The van der Waals surface area contributed by atoms with Gasteiger partial charge in [-0.05, 0) is 62.4 Å². The molecular formula is C15H23BrN2O. The van der Waals surface area contributed by atoms with Crippen molar-refractivity contribution in [3.63, 3.8) is 0 Å². The number of likely N-dealkylation sites (N-methyl/N-ethyl adjacent to an activating group) is 2. The lowest BCUT2D eigenvalue weighted by molar-refractivity contribution is 0.0678. The predicted octanol–water partition coefficient (Wildman–Crippen LogP) is 3.17. The smallest absolute Gasteiger partial charge is 0.255 e. The molecule has 4 heteroatoms. The number of benzene rings is 1. The van der Waals surface area contributed by atoms with Crippen LogP contribution in [0.25, 0.3) is 0 Å². The van der Waals surface area contributed by atoms with E-state index in [-0.39, 0.29) is 11.9 Å². The summed E-state index contributed by atoms with van der Waals surface area (Å²) < 4.78 is 0.899. The Labute approximate surface area is 124 Å². The van der Waals surface area contributed by atoms with E-state index in [0.29, 0.717) is 6.54 Å². The maximum atomic E-state index is 12.6. The van der Waals surface area contributed by atoms with E-state index in [2.05, 4.69) is 27.8 Å². The molecule has 1 aromatic rings. The molecule has 0 aliphatic heterocycles. The molecule has 106 valence electrons. The minimum absolute atomic E-state index is 0.0902. The highest BCUT2D eigenvalue weighted by Gasteiger charge is 2.22. The highest BCUT2D eigenvalue weighted by molar-refractivity contribution is 9.10. The largest absolute Gasteiger partial charge is 0.335 e. The molecule has 0 radical (unpaired) electrons. The van der Waals surface area contributed by atoms with Gasteiger partial charge in [0.15, 0.2) is 0 Å². The fraction of sp³-hybridized carbons (Fsp3) is 0.533. The molecule has 0 N–H and O–H groups in total. The zero-order valence-electron chi connectivity index (χ0n) is 12.4. The molecule has 0 bridgehead atoms. The minimum atomic E-state index is 0.0902. The number of aryl methyl sites for hydroxylation is 1. The molecule has 19 heavy (non-hydrogen) atoms. The Morgan fingerprint density at radius 2 is 2.00 bits per heavy atom. The number of rotatable bonds is 5. The van der Waals surface area contributed by atoms with Crippen molar-refractivity contribution < 1.29 is 4.79 Å². The van der Waals surface area contributed by atoms with Crippen molar-refractivity contribution in [1.29, 1.82) is 0 Å². The second kappa shape index (κ2) is 7.06. The molecule has 1 atom stereocenters. The van der Waals surface area contributed by atoms with Crippen molar-refractivity contribution in [3.8, 4) is 0 Å². The van der Waals surface area contributed by atoms with Gasteiger partial charge in [0.2, 0.25) is 0 Å². The van der Waals surface area contributed by atoms with E-state index in [4.69, 9.17) is 0 Å². The van der Waals surface area contributed by atoms with Gasteiger partial charge in [0.1, 0.15) is 0 Å². The maximum Gasteiger partial charge on any atom is 0.255 e. The molecule has 1 aromatic carbocycles. The molecule has 0 fully saturated rings. The second-order valence-electron chi connectivity index (χ2n) is 5.14. The molecule has 1 unspecified atom stereocenters. The van der Waals surface area contributed by atoms with Crippen molar-refractivity contribution in [2.45, 2.75) is 26.8 Å². The number of amides is 1. The van der Waals surface area contributed by atoms with E-state index in [0.717, 1.165) is 22.1 Å². The Bertz CT molecular complexity index is 446. The third kappa shape index (κ3) is 4.05. The summed E-state index contributed by atoms with van der Waals surface area (Å²) in [6.07, 6.45) is 0. The molecule has 0 aromatic heterocycles. The Morgan fingerprint density at radius 1 is 1.37 bits per heavy atom. The summed E-state index contributed by atoms with van der Waals surface area (Å²) in [5, 5.41) is 0. The Kier molecular flexibility index (Phi) is 6.01. The third-order valence-corrected chi connectivity index (χ3v) is 4.24. The van der Waals surface area contributed by atoms with Crippen LogP contribution in [0.3, 0.4) is 0 Å². The highest BCUT2D eigenvalue weighted by Crippen LogP contribution is 2.23. The summed E-state index contributed by atoms with van der Waals surface area (Å²) in [7, 11) is 4.05. The van der Waals surface area contributed by atoms with Gasteiger partial charge in [-0.1, -0.05) is 12.1 Å². The van der Waals surface area contributed by atoms with E-state index in [1.54, 1.807) is 0 Å². The van der Waals surface area contributed by atoms with Crippen LogP contribution in [0.1, 0.15) is 29.8 Å². The van der Waals surface area contributed by atoms with Crippen LogP contribution >= 0.6 is 15.9 Å². The van der Waals surface area contributed by atoms with Gasteiger partial charge < -0.3 is 9.80 Å². The van der Waals surface area contributed by atoms with Crippen molar-refractivity contribution in [1.82, 2.24) is 9.80 Å². The molecule has 0 aliphatic rings. The first-order chi connectivity index (χ1) is 8.88. The van der Waals surface area contributed by atoms with E-state index in [9.17, 15) is 4.79 Å². The Morgan fingerprint density at radius 3 is 2.53 bits per heavy atom. The molecule has 0 saturated heterocycles. The number of nitrogens with zero attached hydrogens (tertiary/aromatic N) is 2. The topological polar surface area (TPSA) is 23.6 Å². The second-order valence-corrected chi connectivity index (χ2v) is 5.93. The van der Waals surface area contributed by atoms with Crippen LogP contribution in [0, 0.1) is 6.92 Å². The zero-order chi connectivity index (χ0) is 14.6. The van der Waals surface area contributed by atoms with Crippen LogP contribution in [0.4, 0.5) is 0 Å². The quantitative estimate of drug-likeness (QED) is 0.829. The minimum Gasteiger partial charge on any atom is -0.335 e. The molecule has 1 rings (SSSR count). The Hall–Kier alpha value is -0.870. The highest BCUT2D eigenvalue weighted by atomic mass is 79.9. The predicted molar refractivity (Wildman–Crippen MR) is 83.6 cm³/mol. The average molecular weight is 327 g/mol. The fourth-order valence-electron chi connectivity index (χ4n) is 2.25. The summed E-state index contributed by atoms with van der Waals surface area (Å²) in [4.78, 5) is 16.7. The summed E-state index contributed by atoms with van der Waals surface area (Å²) in [5.74, 6) is 0.0902. The maximum absolute atomic E-state index is 12.6. The molecule has 0 spiro atoms. The van der Waals surface area contributed by atoms with E-state index < -0.39 is 0 Å². The zero-order valence-corrected chi connectivity index (χ0v) is 14.0. The number of carbonyl (C=O) groups is 1. The Balaban J connectivity index is 2.98.